The lowest BCUT2D eigenvalue weighted by Gasteiger charge is -2.48. The van der Waals surface area contributed by atoms with E-state index in [4.69, 9.17) is 4.74 Å². The summed E-state index contributed by atoms with van der Waals surface area (Å²) in [5, 5.41) is 3.79. The van der Waals surface area contributed by atoms with Crippen molar-refractivity contribution >= 4 is 22.6 Å². The summed E-state index contributed by atoms with van der Waals surface area (Å²) < 4.78 is 5.52. The first-order valence-electron chi connectivity index (χ1n) is 10.3. The molecule has 6 heteroatoms. The van der Waals surface area contributed by atoms with E-state index in [1.165, 1.54) is 19.3 Å². The summed E-state index contributed by atoms with van der Waals surface area (Å²) in [6.45, 7) is 5.64. The van der Waals surface area contributed by atoms with E-state index in [9.17, 15) is 9.59 Å². The zero-order chi connectivity index (χ0) is 19.6. The molecule has 1 amide bonds. The number of nitrogens with zero attached hydrogens (tertiary/aromatic N) is 1. The number of hydrogen-bond acceptors (Lipinski definition) is 4. The number of ketones is 1. The monoisotopic (exact) mass is 383 g/mol. The van der Waals surface area contributed by atoms with Gasteiger partial charge in [0.15, 0.2) is 0 Å². The van der Waals surface area contributed by atoms with Crippen LogP contribution in [0.25, 0.3) is 10.9 Å². The van der Waals surface area contributed by atoms with Gasteiger partial charge in [-0.05, 0) is 25.8 Å². The highest BCUT2D eigenvalue weighted by atomic mass is 16.5. The number of fused-ring (bicyclic) bond motifs is 1. The molecular formula is C22H29N3O3. The second-order valence-electron chi connectivity index (χ2n) is 8.07. The Labute approximate surface area is 165 Å². The predicted octanol–water partition coefficient (Wildman–Crippen LogP) is 2.81. The smallest absolute Gasteiger partial charge is 0.292 e. The zero-order valence-electron chi connectivity index (χ0n) is 16.6. The Morgan fingerprint density at radius 2 is 1.86 bits per heavy atom. The fraction of sp³-hybridized carbons (Fsp3) is 0.545. The van der Waals surface area contributed by atoms with Crippen LogP contribution in [0.4, 0.5) is 0 Å². The SMILES string of the molecule is Cc1[nH]c2ccccc2c1C(=O)C(=O)NCC1(N2CCOCC2)CCCCC1. The highest BCUT2D eigenvalue weighted by Gasteiger charge is 2.39. The third kappa shape index (κ3) is 3.59. The van der Waals surface area contributed by atoms with Crippen molar-refractivity contribution in [1.29, 1.82) is 0 Å². The Bertz CT molecular complexity index is 861. The number of nitrogens with one attached hydrogen (secondary N) is 2. The molecule has 0 atom stereocenters. The molecule has 4 rings (SSSR count). The molecule has 1 aliphatic heterocycles. The maximum absolute atomic E-state index is 12.9. The van der Waals surface area contributed by atoms with Crippen LogP contribution in [0, 0.1) is 6.92 Å². The summed E-state index contributed by atoms with van der Waals surface area (Å²) in [4.78, 5) is 31.4. The van der Waals surface area contributed by atoms with Crippen molar-refractivity contribution in [2.75, 3.05) is 32.8 Å². The normalized spacial score (nSPS) is 20.2. The summed E-state index contributed by atoms with van der Waals surface area (Å²) in [5.74, 6) is -0.964. The van der Waals surface area contributed by atoms with Gasteiger partial charge in [0.1, 0.15) is 0 Å². The highest BCUT2D eigenvalue weighted by molar-refractivity contribution is 6.45. The number of H-pyrrole nitrogens is 1. The number of hydrogen-bond donors (Lipinski definition) is 2. The molecule has 2 N–H and O–H groups in total. The number of carbonyl (C=O) groups is 2. The molecule has 2 fully saturated rings. The number of para-hydroxylation sites is 1. The van der Waals surface area contributed by atoms with E-state index >= 15 is 0 Å². The van der Waals surface area contributed by atoms with Gasteiger partial charge in [-0.25, -0.2) is 0 Å². The van der Waals surface area contributed by atoms with Crippen molar-refractivity contribution in [3.8, 4) is 0 Å². The van der Waals surface area contributed by atoms with E-state index < -0.39 is 11.7 Å². The van der Waals surface area contributed by atoms with Crippen LogP contribution in [-0.2, 0) is 9.53 Å². The van der Waals surface area contributed by atoms with Gasteiger partial charge >= 0.3 is 0 Å². The molecule has 1 saturated carbocycles. The average molecular weight is 383 g/mol. The summed E-state index contributed by atoms with van der Waals surface area (Å²) in [7, 11) is 0. The molecule has 2 aromatic rings. The van der Waals surface area contributed by atoms with E-state index in [-0.39, 0.29) is 5.54 Å². The van der Waals surface area contributed by atoms with Crippen LogP contribution in [-0.4, -0.2) is 60.0 Å². The zero-order valence-corrected chi connectivity index (χ0v) is 16.6. The molecule has 1 aromatic heterocycles. The quantitative estimate of drug-likeness (QED) is 0.615. The van der Waals surface area contributed by atoms with Crippen molar-refractivity contribution < 1.29 is 14.3 Å². The minimum absolute atomic E-state index is 0.0484. The fourth-order valence-corrected chi connectivity index (χ4v) is 4.86. The van der Waals surface area contributed by atoms with Gasteiger partial charge < -0.3 is 15.0 Å². The molecule has 0 radical (unpaired) electrons. The Morgan fingerprint density at radius 3 is 2.61 bits per heavy atom. The second-order valence-corrected chi connectivity index (χ2v) is 8.07. The molecule has 2 aliphatic rings. The molecule has 150 valence electrons. The number of amides is 1. The summed E-state index contributed by atoms with van der Waals surface area (Å²) in [6.07, 6.45) is 5.71. The Morgan fingerprint density at radius 1 is 1.14 bits per heavy atom. The average Bonchev–Trinajstić information content (AvgIpc) is 3.08. The minimum Gasteiger partial charge on any atom is -0.379 e. The van der Waals surface area contributed by atoms with Gasteiger partial charge in [0.25, 0.3) is 11.7 Å². The van der Waals surface area contributed by atoms with Gasteiger partial charge in [0, 0.05) is 41.8 Å². The van der Waals surface area contributed by atoms with Crippen LogP contribution < -0.4 is 5.32 Å². The van der Waals surface area contributed by atoms with Crippen molar-refractivity contribution in [3.63, 3.8) is 0 Å². The number of Topliss-reactive ketones (excluding diaryl/α,β-unsaturated/α-hetero) is 1. The molecule has 28 heavy (non-hydrogen) atoms. The van der Waals surface area contributed by atoms with Gasteiger partial charge in [-0.15, -0.1) is 0 Å². The topological polar surface area (TPSA) is 74.4 Å². The summed E-state index contributed by atoms with van der Waals surface area (Å²) in [5.41, 5.74) is 2.06. The number of benzene rings is 1. The van der Waals surface area contributed by atoms with Crippen LogP contribution in [0.3, 0.4) is 0 Å². The largest absolute Gasteiger partial charge is 0.379 e. The first-order valence-corrected chi connectivity index (χ1v) is 10.3. The minimum atomic E-state index is -0.508. The Kier molecular flexibility index (Phi) is 5.51. The first-order chi connectivity index (χ1) is 13.6. The van der Waals surface area contributed by atoms with Crippen LogP contribution >= 0.6 is 0 Å². The van der Waals surface area contributed by atoms with Crippen molar-refractivity contribution in [3.05, 3.63) is 35.5 Å². The van der Waals surface area contributed by atoms with Crippen molar-refractivity contribution in [2.24, 2.45) is 0 Å². The van der Waals surface area contributed by atoms with Gasteiger partial charge in [0.2, 0.25) is 0 Å². The van der Waals surface area contributed by atoms with Gasteiger partial charge in [-0.2, -0.15) is 0 Å². The summed E-state index contributed by atoms with van der Waals surface area (Å²) in [6, 6.07) is 7.61. The van der Waals surface area contributed by atoms with Gasteiger partial charge in [-0.3, -0.25) is 14.5 Å². The van der Waals surface area contributed by atoms with E-state index in [1.54, 1.807) is 0 Å². The third-order valence-corrected chi connectivity index (χ3v) is 6.37. The third-order valence-electron chi connectivity index (χ3n) is 6.37. The van der Waals surface area contributed by atoms with Crippen LogP contribution in [0.5, 0.6) is 0 Å². The highest BCUT2D eigenvalue weighted by Crippen LogP contribution is 2.34. The molecule has 1 aromatic carbocycles. The molecule has 0 spiro atoms. The molecule has 1 saturated heterocycles. The predicted molar refractivity (Wildman–Crippen MR) is 109 cm³/mol. The molecular weight excluding hydrogens is 354 g/mol. The number of aryl methyl sites for hydroxylation is 1. The number of aromatic amines is 1. The second kappa shape index (κ2) is 8.05. The van der Waals surface area contributed by atoms with E-state index in [0.717, 1.165) is 55.7 Å². The fourth-order valence-electron chi connectivity index (χ4n) is 4.86. The van der Waals surface area contributed by atoms with E-state index in [1.807, 2.05) is 31.2 Å². The van der Waals surface area contributed by atoms with Crippen LogP contribution in [0.2, 0.25) is 0 Å². The number of rotatable bonds is 5. The van der Waals surface area contributed by atoms with Crippen molar-refractivity contribution in [1.82, 2.24) is 15.2 Å². The lowest BCUT2D eigenvalue weighted by molar-refractivity contribution is -0.118. The van der Waals surface area contributed by atoms with Crippen LogP contribution in [0.1, 0.15) is 48.2 Å². The first kappa shape index (κ1) is 19.2. The summed E-state index contributed by atoms with van der Waals surface area (Å²) >= 11 is 0. The number of aromatic nitrogens is 1. The van der Waals surface area contributed by atoms with Crippen molar-refractivity contribution in [2.45, 2.75) is 44.6 Å². The lowest BCUT2D eigenvalue weighted by atomic mass is 9.79. The number of ether oxygens (including phenoxy) is 1. The van der Waals surface area contributed by atoms with Crippen LogP contribution in [0.15, 0.2) is 24.3 Å². The van der Waals surface area contributed by atoms with Gasteiger partial charge in [0.05, 0.1) is 18.8 Å². The molecule has 1 aliphatic carbocycles. The molecule has 0 bridgehead atoms. The number of morpholine rings is 1. The molecule has 0 unspecified atom stereocenters. The Balaban J connectivity index is 1.50. The molecule has 2 heterocycles. The standard InChI is InChI=1S/C22H29N3O3/c1-16-19(17-7-3-4-8-18(17)24-16)20(26)21(27)23-15-22(9-5-2-6-10-22)25-11-13-28-14-12-25/h3-4,7-8,24H,2,5-6,9-15H2,1H3,(H,23,27). The van der Waals surface area contributed by atoms with E-state index in [0.29, 0.717) is 12.1 Å². The lowest BCUT2D eigenvalue weighted by Crippen LogP contribution is -2.60. The maximum atomic E-state index is 12.9. The maximum Gasteiger partial charge on any atom is 0.292 e. The van der Waals surface area contributed by atoms with Gasteiger partial charge in [-0.1, -0.05) is 37.5 Å². The Hall–Kier alpha value is -2.18. The number of carbonyl (C=O) groups excluding carboxylic acids is 2. The van der Waals surface area contributed by atoms with E-state index in [2.05, 4.69) is 15.2 Å². The molecule has 6 nitrogen and oxygen atoms in total.